The minimum Gasteiger partial charge on any atom is -0.465 e. The van der Waals surface area contributed by atoms with Gasteiger partial charge in [0.25, 0.3) is 0 Å². The summed E-state index contributed by atoms with van der Waals surface area (Å²) in [5, 5.41) is 0. The summed E-state index contributed by atoms with van der Waals surface area (Å²) in [5.74, 6) is -0.261. The van der Waals surface area contributed by atoms with Gasteiger partial charge in [0.1, 0.15) is 0 Å². The van der Waals surface area contributed by atoms with E-state index in [1.807, 2.05) is 0 Å². The van der Waals surface area contributed by atoms with Crippen molar-refractivity contribution in [3.8, 4) is 0 Å². The first-order chi connectivity index (χ1) is 10.2. The largest absolute Gasteiger partial charge is 0.465 e. The van der Waals surface area contributed by atoms with Gasteiger partial charge in [-0.15, -0.1) is 0 Å². The number of fused-ring (bicyclic) bond motifs is 1. The topological polar surface area (TPSA) is 43.4 Å². The molecule has 21 heavy (non-hydrogen) atoms. The number of hydrogen-bond donors (Lipinski definition) is 0. The van der Waals surface area contributed by atoms with Crippen LogP contribution in [0, 0.1) is 0 Å². The number of ketones is 1. The van der Waals surface area contributed by atoms with Gasteiger partial charge in [0.15, 0.2) is 5.78 Å². The van der Waals surface area contributed by atoms with Crippen LogP contribution in [0.25, 0.3) is 0 Å². The Morgan fingerprint density at radius 1 is 1.24 bits per heavy atom. The van der Waals surface area contributed by atoms with E-state index >= 15 is 0 Å². The van der Waals surface area contributed by atoms with E-state index in [9.17, 15) is 9.59 Å². The molecular weight excluding hydrogens is 264 g/mol. The molecule has 0 fully saturated rings. The molecule has 108 valence electrons. The Kier molecular flexibility index (Phi) is 3.74. The fraction of sp³-hybridized carbons (Fsp3) is 0.333. The molecule has 0 aromatic heterocycles. The van der Waals surface area contributed by atoms with Crippen molar-refractivity contribution in [2.75, 3.05) is 7.11 Å². The highest BCUT2D eigenvalue weighted by Crippen LogP contribution is 2.29. The van der Waals surface area contributed by atoms with Gasteiger partial charge in [0.05, 0.1) is 12.7 Å². The molecule has 2 aliphatic rings. The van der Waals surface area contributed by atoms with Crippen LogP contribution in [0.2, 0.25) is 0 Å². The first-order valence-electron chi connectivity index (χ1n) is 7.34. The minimum absolute atomic E-state index is 0.0977. The van der Waals surface area contributed by atoms with Gasteiger partial charge < -0.3 is 4.74 Å². The zero-order valence-electron chi connectivity index (χ0n) is 12.1. The number of allylic oxidation sites excluding steroid dienone is 4. The average molecular weight is 282 g/mol. The number of benzene rings is 1. The number of ether oxygens (including phenoxy) is 1. The standard InChI is InChI=1S/C18H18O3/c1-21-18(20)15-8-9-16-13(11-15)6-7-14(17(16)19)10-12-4-2-3-5-12/h4,8-11H,2-3,5-7H2,1H3/b14-10+. The first-order valence-corrected chi connectivity index (χ1v) is 7.34. The molecule has 0 unspecified atom stereocenters. The van der Waals surface area contributed by atoms with Crippen molar-refractivity contribution >= 4 is 11.8 Å². The lowest BCUT2D eigenvalue weighted by molar-refractivity contribution is 0.0600. The fourth-order valence-corrected chi connectivity index (χ4v) is 3.01. The summed E-state index contributed by atoms with van der Waals surface area (Å²) in [7, 11) is 1.36. The maximum absolute atomic E-state index is 12.5. The Hall–Kier alpha value is -2.16. The molecule has 0 radical (unpaired) electrons. The van der Waals surface area contributed by atoms with Crippen molar-refractivity contribution in [2.24, 2.45) is 0 Å². The Morgan fingerprint density at radius 2 is 2.10 bits per heavy atom. The highest BCUT2D eigenvalue weighted by molar-refractivity contribution is 6.11. The van der Waals surface area contributed by atoms with Gasteiger partial charge in [-0.2, -0.15) is 0 Å². The van der Waals surface area contributed by atoms with Gasteiger partial charge in [-0.25, -0.2) is 4.79 Å². The first kappa shape index (κ1) is 13.8. The highest BCUT2D eigenvalue weighted by atomic mass is 16.5. The summed E-state index contributed by atoms with van der Waals surface area (Å²) >= 11 is 0. The van der Waals surface area contributed by atoms with Crippen LogP contribution in [-0.2, 0) is 11.2 Å². The van der Waals surface area contributed by atoms with Crippen molar-refractivity contribution < 1.29 is 14.3 Å². The van der Waals surface area contributed by atoms with E-state index in [4.69, 9.17) is 4.74 Å². The van der Waals surface area contributed by atoms with Crippen molar-refractivity contribution in [2.45, 2.75) is 32.1 Å². The third-order valence-corrected chi connectivity index (χ3v) is 4.16. The van der Waals surface area contributed by atoms with Crippen LogP contribution in [0.15, 0.2) is 41.5 Å². The molecule has 3 rings (SSSR count). The van der Waals surface area contributed by atoms with Crippen molar-refractivity contribution in [3.05, 3.63) is 58.2 Å². The second kappa shape index (κ2) is 5.68. The number of hydrogen-bond acceptors (Lipinski definition) is 3. The number of carbonyl (C=O) groups is 2. The lowest BCUT2D eigenvalue weighted by atomic mass is 9.85. The third-order valence-electron chi connectivity index (χ3n) is 4.16. The lowest BCUT2D eigenvalue weighted by Gasteiger charge is -2.18. The molecule has 3 heteroatoms. The van der Waals surface area contributed by atoms with Crippen LogP contribution in [-0.4, -0.2) is 18.9 Å². The molecule has 0 aliphatic heterocycles. The second-order valence-electron chi connectivity index (χ2n) is 5.53. The van der Waals surface area contributed by atoms with Crippen LogP contribution >= 0.6 is 0 Å². The molecule has 0 spiro atoms. The second-order valence-corrected chi connectivity index (χ2v) is 5.53. The van der Waals surface area contributed by atoms with Gasteiger partial charge in [0, 0.05) is 11.1 Å². The average Bonchev–Trinajstić information content (AvgIpc) is 3.02. The Morgan fingerprint density at radius 3 is 2.81 bits per heavy atom. The van der Waals surface area contributed by atoms with Crippen LogP contribution in [0.4, 0.5) is 0 Å². The van der Waals surface area contributed by atoms with Gasteiger partial charge >= 0.3 is 5.97 Å². The fourth-order valence-electron chi connectivity index (χ4n) is 3.01. The highest BCUT2D eigenvalue weighted by Gasteiger charge is 2.23. The van der Waals surface area contributed by atoms with Crippen molar-refractivity contribution in [1.82, 2.24) is 0 Å². The van der Waals surface area contributed by atoms with Crippen molar-refractivity contribution in [3.63, 3.8) is 0 Å². The SMILES string of the molecule is COC(=O)c1ccc2c(c1)CC/C(=C\C1=CCCC1)C2=O. The molecule has 1 aromatic carbocycles. The van der Waals surface area contributed by atoms with E-state index in [1.54, 1.807) is 18.2 Å². The van der Waals surface area contributed by atoms with E-state index in [-0.39, 0.29) is 11.8 Å². The number of rotatable bonds is 2. The van der Waals surface area contributed by atoms with Gasteiger partial charge in [-0.05, 0) is 55.9 Å². The molecule has 0 saturated carbocycles. The predicted octanol–water partition coefficient (Wildman–Crippen LogP) is 3.64. The van der Waals surface area contributed by atoms with Gasteiger partial charge in [-0.1, -0.05) is 17.7 Å². The van der Waals surface area contributed by atoms with Crippen LogP contribution in [0.3, 0.4) is 0 Å². The number of carbonyl (C=O) groups excluding carboxylic acids is 2. The van der Waals surface area contributed by atoms with Crippen LogP contribution in [0.5, 0.6) is 0 Å². The summed E-state index contributed by atoms with van der Waals surface area (Å²) in [6, 6.07) is 5.20. The number of Topliss-reactive ketones (excluding diaryl/α,β-unsaturated/α-hetero) is 1. The molecular formula is C18H18O3. The normalized spacial score (nSPS) is 19.4. The van der Waals surface area contributed by atoms with Gasteiger partial charge in [-0.3, -0.25) is 4.79 Å². The number of methoxy groups -OCH3 is 1. The summed E-state index contributed by atoms with van der Waals surface area (Å²) in [5.41, 5.74) is 4.35. The smallest absolute Gasteiger partial charge is 0.337 e. The Labute approximate surface area is 124 Å². The molecule has 2 aliphatic carbocycles. The number of esters is 1. The van der Waals surface area contributed by atoms with E-state index in [2.05, 4.69) is 12.2 Å². The zero-order chi connectivity index (χ0) is 14.8. The quantitative estimate of drug-likeness (QED) is 0.614. The monoisotopic (exact) mass is 282 g/mol. The molecule has 0 saturated heterocycles. The Bertz CT molecular complexity index is 665. The summed E-state index contributed by atoms with van der Waals surface area (Å²) in [6.07, 6.45) is 9.20. The third kappa shape index (κ3) is 2.68. The maximum Gasteiger partial charge on any atom is 0.337 e. The Balaban J connectivity index is 1.90. The molecule has 0 atom stereocenters. The molecule has 0 bridgehead atoms. The van der Waals surface area contributed by atoms with Crippen LogP contribution in [0.1, 0.15) is 52.0 Å². The molecule has 1 aromatic rings. The van der Waals surface area contributed by atoms with Crippen LogP contribution < -0.4 is 0 Å². The summed E-state index contributed by atoms with van der Waals surface area (Å²) < 4.78 is 4.72. The zero-order valence-corrected chi connectivity index (χ0v) is 12.1. The predicted molar refractivity (Wildman–Crippen MR) is 80.5 cm³/mol. The molecule has 0 amide bonds. The summed E-state index contributed by atoms with van der Waals surface area (Å²) in [6.45, 7) is 0. The molecule has 0 heterocycles. The maximum atomic E-state index is 12.5. The summed E-state index contributed by atoms with van der Waals surface area (Å²) in [4.78, 5) is 24.1. The van der Waals surface area contributed by atoms with E-state index in [1.165, 1.54) is 19.1 Å². The minimum atomic E-state index is -0.359. The van der Waals surface area contributed by atoms with Crippen molar-refractivity contribution in [1.29, 1.82) is 0 Å². The van der Waals surface area contributed by atoms with E-state index in [0.29, 0.717) is 5.56 Å². The molecule has 0 N–H and O–H groups in total. The van der Waals surface area contributed by atoms with E-state index in [0.717, 1.165) is 42.4 Å². The lowest BCUT2D eigenvalue weighted by Crippen LogP contribution is -2.15. The van der Waals surface area contributed by atoms with Gasteiger partial charge in [0.2, 0.25) is 0 Å². The molecule has 3 nitrogen and oxygen atoms in total. The van der Waals surface area contributed by atoms with E-state index < -0.39 is 0 Å². The number of aryl methyl sites for hydroxylation is 1.